The average Bonchev–Trinajstić information content (AvgIpc) is 3.44. The second kappa shape index (κ2) is 65.6. The summed E-state index contributed by atoms with van der Waals surface area (Å²) in [5.41, 5.74) is 0. The van der Waals surface area contributed by atoms with Crippen molar-refractivity contribution in [2.45, 2.75) is 316 Å². The van der Waals surface area contributed by atoms with E-state index in [4.69, 9.17) is 14.2 Å². The van der Waals surface area contributed by atoms with E-state index in [1.165, 1.54) is 161 Å². The molecule has 6 nitrogen and oxygen atoms in total. The van der Waals surface area contributed by atoms with E-state index in [9.17, 15) is 14.4 Å². The van der Waals surface area contributed by atoms with E-state index in [-0.39, 0.29) is 31.1 Å². The van der Waals surface area contributed by atoms with Crippen molar-refractivity contribution >= 4 is 17.9 Å². The first kappa shape index (κ1) is 74.1. The lowest BCUT2D eigenvalue weighted by atomic mass is 10.0. The predicted octanol–water partition coefficient (Wildman–Crippen LogP) is 22.6. The van der Waals surface area contributed by atoms with Gasteiger partial charge in [-0.2, -0.15) is 0 Å². The van der Waals surface area contributed by atoms with E-state index in [1.807, 2.05) is 0 Å². The number of hydrogen-bond acceptors (Lipinski definition) is 6. The van der Waals surface area contributed by atoms with Crippen LogP contribution in [0.3, 0.4) is 0 Å². The summed E-state index contributed by atoms with van der Waals surface area (Å²) in [6.07, 6.45) is 89.6. The molecule has 0 fully saturated rings. The summed E-state index contributed by atoms with van der Waals surface area (Å²) in [5.74, 6) is -0.941. The van der Waals surface area contributed by atoms with Crippen molar-refractivity contribution in [2.24, 2.45) is 0 Å². The van der Waals surface area contributed by atoms with E-state index < -0.39 is 6.10 Å². The summed E-state index contributed by atoms with van der Waals surface area (Å²) >= 11 is 0. The maximum Gasteiger partial charge on any atom is 0.306 e. The number of carbonyl (C=O) groups excluding carboxylic acids is 3. The lowest BCUT2D eigenvalue weighted by Crippen LogP contribution is -2.30. The molecule has 78 heavy (non-hydrogen) atoms. The fraction of sp³-hybridized carbons (Fsp3) is 0.708. The van der Waals surface area contributed by atoms with Gasteiger partial charge in [-0.05, 0) is 128 Å². The number of esters is 3. The normalized spacial score (nSPS) is 12.8. The van der Waals surface area contributed by atoms with Gasteiger partial charge in [0, 0.05) is 19.3 Å². The Morgan fingerprint density at radius 3 is 0.821 bits per heavy atom. The van der Waals surface area contributed by atoms with Crippen LogP contribution in [-0.2, 0) is 28.6 Å². The summed E-state index contributed by atoms with van der Waals surface area (Å²) in [5, 5.41) is 0. The summed E-state index contributed by atoms with van der Waals surface area (Å²) < 4.78 is 16.9. The van der Waals surface area contributed by atoms with Crippen LogP contribution >= 0.6 is 0 Å². The van der Waals surface area contributed by atoms with Crippen LogP contribution in [0.1, 0.15) is 310 Å². The van der Waals surface area contributed by atoms with Gasteiger partial charge in [0.2, 0.25) is 0 Å². The molecular weight excluding hydrogens is 961 g/mol. The van der Waals surface area contributed by atoms with E-state index in [0.717, 1.165) is 109 Å². The Morgan fingerprint density at radius 1 is 0.269 bits per heavy atom. The molecule has 0 aromatic heterocycles. The summed E-state index contributed by atoms with van der Waals surface area (Å²) in [6.45, 7) is 6.48. The van der Waals surface area contributed by atoms with Gasteiger partial charge in [0.05, 0.1) is 0 Å². The Balaban J connectivity index is 4.36. The quantitative estimate of drug-likeness (QED) is 0.0261. The molecule has 446 valence electrons. The maximum absolute atomic E-state index is 12.9. The second-order valence-electron chi connectivity index (χ2n) is 21.6. The molecule has 0 aliphatic rings. The van der Waals surface area contributed by atoms with Crippen molar-refractivity contribution in [2.75, 3.05) is 13.2 Å². The van der Waals surface area contributed by atoms with Gasteiger partial charge in [-0.1, -0.05) is 271 Å². The van der Waals surface area contributed by atoms with Gasteiger partial charge in [-0.25, -0.2) is 0 Å². The number of carbonyl (C=O) groups is 3. The van der Waals surface area contributed by atoms with Crippen molar-refractivity contribution in [3.63, 3.8) is 0 Å². The van der Waals surface area contributed by atoms with Crippen molar-refractivity contribution < 1.29 is 28.6 Å². The smallest absolute Gasteiger partial charge is 0.306 e. The number of unbranched alkanes of at least 4 members (excludes halogenated alkanes) is 30. The fourth-order valence-corrected chi connectivity index (χ4v) is 9.06. The van der Waals surface area contributed by atoms with Crippen LogP contribution in [-0.4, -0.2) is 37.2 Å². The summed E-state index contributed by atoms with van der Waals surface area (Å²) in [6, 6.07) is 0. The van der Waals surface area contributed by atoms with Crippen LogP contribution < -0.4 is 0 Å². The highest BCUT2D eigenvalue weighted by molar-refractivity contribution is 5.71. The maximum atomic E-state index is 12.9. The molecule has 0 aliphatic heterocycles. The topological polar surface area (TPSA) is 78.9 Å². The minimum absolute atomic E-state index is 0.0958. The molecule has 0 saturated heterocycles. The van der Waals surface area contributed by atoms with E-state index in [0.29, 0.717) is 19.3 Å². The third-order valence-corrected chi connectivity index (χ3v) is 14.0. The fourth-order valence-electron chi connectivity index (χ4n) is 9.06. The Bertz CT molecular complexity index is 1570. The SMILES string of the molecule is CC/C=C\C/C=C\C/C=C\C/C=C\CCCCC(=O)OCC(COC(=O)CCCCCCCCCCCCCC/C=C\C/C=C\C/C=C\CCCCCCC)OC(=O)CCCCCCCCC/C=C\C/C=C\CCCCCC. The highest BCUT2D eigenvalue weighted by Gasteiger charge is 2.19. The van der Waals surface area contributed by atoms with E-state index in [1.54, 1.807) is 0 Å². The zero-order valence-corrected chi connectivity index (χ0v) is 51.2. The Morgan fingerprint density at radius 2 is 0.500 bits per heavy atom. The zero-order chi connectivity index (χ0) is 56.4. The molecule has 0 spiro atoms. The zero-order valence-electron chi connectivity index (χ0n) is 51.2. The first-order valence-electron chi connectivity index (χ1n) is 32.9. The van der Waals surface area contributed by atoms with Crippen LogP contribution in [0.4, 0.5) is 0 Å². The van der Waals surface area contributed by atoms with Crippen LogP contribution in [0, 0.1) is 0 Å². The van der Waals surface area contributed by atoms with Crippen LogP contribution in [0.5, 0.6) is 0 Å². The highest BCUT2D eigenvalue weighted by atomic mass is 16.6. The van der Waals surface area contributed by atoms with Gasteiger partial charge >= 0.3 is 17.9 Å². The number of hydrogen-bond donors (Lipinski definition) is 0. The molecule has 0 rings (SSSR count). The lowest BCUT2D eigenvalue weighted by molar-refractivity contribution is -0.167. The standard InChI is InChI=1S/C72H122O6/c1-4-7-10-13-16-19-22-25-28-30-32-33-34-35-36-37-38-39-40-42-44-47-50-53-56-59-62-65-71(74)77-68-69(67-76-70(73)64-61-58-55-52-49-46-43-27-24-21-18-15-12-9-6-3)78-72(75)66-63-60-57-54-51-48-45-41-31-29-26-23-20-17-14-11-8-5-2/h9,12,18,20-23,25,27,29-32,34-35,43,49,52,69H,4-8,10-11,13-17,19,24,26,28,33,36-42,44-48,50-51,53-68H2,1-3H3/b12-9-,21-18-,23-20-,25-22-,31-29-,32-30-,35-34-,43-27-,52-49-. The largest absolute Gasteiger partial charge is 0.462 e. The molecule has 0 aromatic rings. The molecule has 0 bridgehead atoms. The lowest BCUT2D eigenvalue weighted by Gasteiger charge is -2.18. The van der Waals surface area contributed by atoms with Gasteiger partial charge in [0.25, 0.3) is 0 Å². The molecular formula is C72H122O6. The Labute approximate surface area is 482 Å². The molecule has 6 heteroatoms. The van der Waals surface area contributed by atoms with Crippen molar-refractivity contribution in [3.05, 3.63) is 109 Å². The number of ether oxygens (including phenoxy) is 3. The molecule has 0 aromatic carbocycles. The summed E-state index contributed by atoms with van der Waals surface area (Å²) in [7, 11) is 0. The number of allylic oxidation sites excluding steroid dienone is 18. The molecule has 1 unspecified atom stereocenters. The average molecular weight is 1080 g/mol. The predicted molar refractivity (Wildman–Crippen MR) is 339 cm³/mol. The Hall–Kier alpha value is -3.93. The van der Waals surface area contributed by atoms with E-state index in [2.05, 4.69) is 130 Å². The first-order valence-corrected chi connectivity index (χ1v) is 32.9. The molecule has 0 aliphatic carbocycles. The number of rotatable bonds is 59. The molecule has 0 saturated carbocycles. The molecule has 0 N–H and O–H groups in total. The van der Waals surface area contributed by atoms with Crippen LogP contribution in [0.25, 0.3) is 0 Å². The Kier molecular flexibility index (Phi) is 62.3. The van der Waals surface area contributed by atoms with Crippen molar-refractivity contribution in [1.82, 2.24) is 0 Å². The monoisotopic (exact) mass is 1080 g/mol. The molecule has 0 heterocycles. The molecule has 1 atom stereocenters. The van der Waals surface area contributed by atoms with Gasteiger partial charge in [-0.15, -0.1) is 0 Å². The summed E-state index contributed by atoms with van der Waals surface area (Å²) in [4.78, 5) is 38.3. The van der Waals surface area contributed by atoms with Crippen molar-refractivity contribution in [3.8, 4) is 0 Å². The second-order valence-corrected chi connectivity index (χ2v) is 21.6. The van der Waals surface area contributed by atoms with Crippen LogP contribution in [0.15, 0.2) is 109 Å². The van der Waals surface area contributed by atoms with Crippen LogP contribution in [0.2, 0.25) is 0 Å². The van der Waals surface area contributed by atoms with Crippen molar-refractivity contribution in [1.29, 1.82) is 0 Å². The highest BCUT2D eigenvalue weighted by Crippen LogP contribution is 2.16. The molecule has 0 radical (unpaired) electrons. The minimum atomic E-state index is -0.803. The van der Waals surface area contributed by atoms with Gasteiger partial charge in [0.15, 0.2) is 6.10 Å². The minimum Gasteiger partial charge on any atom is -0.462 e. The third-order valence-electron chi connectivity index (χ3n) is 14.0. The van der Waals surface area contributed by atoms with Gasteiger partial charge in [0.1, 0.15) is 13.2 Å². The first-order chi connectivity index (χ1) is 38.5. The van der Waals surface area contributed by atoms with Gasteiger partial charge < -0.3 is 14.2 Å². The third kappa shape index (κ3) is 62.9. The molecule has 0 amide bonds. The van der Waals surface area contributed by atoms with Gasteiger partial charge in [-0.3, -0.25) is 14.4 Å². The van der Waals surface area contributed by atoms with E-state index >= 15 is 0 Å².